The summed E-state index contributed by atoms with van der Waals surface area (Å²) < 4.78 is 0. The van der Waals surface area contributed by atoms with Gasteiger partial charge in [0, 0.05) is 0 Å². The van der Waals surface area contributed by atoms with Gasteiger partial charge in [-0.15, -0.1) is 20.4 Å². The molecular formula is C3H3ClN4. The van der Waals surface area contributed by atoms with Crippen molar-refractivity contribution in [3.05, 3.63) is 11.1 Å². The second kappa shape index (κ2) is 2.00. The molecule has 0 spiro atoms. The van der Waals surface area contributed by atoms with Crippen LogP contribution in [-0.2, 0) is 0 Å². The van der Waals surface area contributed by atoms with Gasteiger partial charge in [0.2, 0.25) is 0 Å². The second-order valence-electron chi connectivity index (χ2n) is 1.22. The van der Waals surface area contributed by atoms with Crippen molar-refractivity contribution >= 4 is 11.6 Å². The van der Waals surface area contributed by atoms with Crippen LogP contribution in [-0.4, -0.2) is 20.4 Å². The van der Waals surface area contributed by atoms with E-state index in [-0.39, 0.29) is 5.28 Å². The minimum Gasteiger partial charge on any atom is -0.131 e. The number of nitrogens with zero attached hydrogens (tertiary/aromatic N) is 4. The van der Waals surface area contributed by atoms with E-state index in [0.29, 0.717) is 5.82 Å². The number of halogens is 1. The summed E-state index contributed by atoms with van der Waals surface area (Å²) in [6.07, 6.45) is 0. The predicted octanol–water partition coefficient (Wildman–Crippen LogP) is 0.228. The van der Waals surface area contributed by atoms with Gasteiger partial charge in [0.05, 0.1) is 0 Å². The quantitative estimate of drug-likeness (QED) is 0.505. The standard InChI is InChI=1S/C3H3ClN4/c1-2-5-7-3(4)8-6-2/h1H3. The van der Waals surface area contributed by atoms with E-state index in [1.807, 2.05) is 0 Å². The molecule has 0 N–H and O–H groups in total. The second-order valence-corrected chi connectivity index (χ2v) is 1.55. The highest BCUT2D eigenvalue weighted by atomic mass is 35.5. The minimum absolute atomic E-state index is 0.0793. The molecule has 0 unspecified atom stereocenters. The summed E-state index contributed by atoms with van der Waals surface area (Å²) in [7, 11) is 0. The van der Waals surface area contributed by atoms with Crippen molar-refractivity contribution in [3.8, 4) is 0 Å². The topological polar surface area (TPSA) is 51.6 Å². The first-order valence-corrected chi connectivity index (χ1v) is 2.36. The summed E-state index contributed by atoms with van der Waals surface area (Å²) in [5.74, 6) is 0.523. The van der Waals surface area contributed by atoms with E-state index < -0.39 is 0 Å². The zero-order valence-electron chi connectivity index (χ0n) is 4.17. The number of aryl methyl sites for hydroxylation is 1. The predicted molar refractivity (Wildman–Crippen MR) is 27.4 cm³/mol. The summed E-state index contributed by atoms with van der Waals surface area (Å²) >= 11 is 5.26. The number of hydrogen-bond acceptors (Lipinski definition) is 4. The van der Waals surface area contributed by atoms with E-state index in [9.17, 15) is 0 Å². The summed E-state index contributed by atoms with van der Waals surface area (Å²) in [5, 5.41) is 14.0. The average Bonchev–Trinajstić information content (AvgIpc) is 1.77. The summed E-state index contributed by atoms with van der Waals surface area (Å²) in [6.45, 7) is 1.69. The van der Waals surface area contributed by atoms with Gasteiger partial charge in [0.15, 0.2) is 5.82 Å². The van der Waals surface area contributed by atoms with Crippen molar-refractivity contribution in [1.29, 1.82) is 0 Å². The monoisotopic (exact) mass is 130 g/mol. The summed E-state index contributed by atoms with van der Waals surface area (Å²) in [6, 6.07) is 0. The van der Waals surface area contributed by atoms with Gasteiger partial charge in [0.25, 0.3) is 5.28 Å². The Morgan fingerprint density at radius 1 is 1.12 bits per heavy atom. The van der Waals surface area contributed by atoms with Crippen molar-refractivity contribution in [3.63, 3.8) is 0 Å². The lowest BCUT2D eigenvalue weighted by Gasteiger charge is -1.83. The Balaban J connectivity index is 3.03. The first-order chi connectivity index (χ1) is 3.79. The largest absolute Gasteiger partial charge is 0.262 e. The van der Waals surface area contributed by atoms with Gasteiger partial charge < -0.3 is 0 Å². The average molecular weight is 131 g/mol. The molecule has 8 heavy (non-hydrogen) atoms. The molecule has 1 heterocycles. The normalized spacial score (nSPS) is 9.25. The highest BCUT2D eigenvalue weighted by Gasteiger charge is 1.88. The molecule has 1 aromatic heterocycles. The fraction of sp³-hybridized carbons (Fsp3) is 0.333. The Morgan fingerprint density at radius 2 is 1.62 bits per heavy atom. The van der Waals surface area contributed by atoms with Crippen LogP contribution in [0.15, 0.2) is 0 Å². The van der Waals surface area contributed by atoms with Crippen LogP contribution in [0.3, 0.4) is 0 Å². The van der Waals surface area contributed by atoms with Crippen LogP contribution in [0.4, 0.5) is 0 Å². The lowest BCUT2D eigenvalue weighted by Crippen LogP contribution is -1.93. The van der Waals surface area contributed by atoms with E-state index in [0.717, 1.165) is 0 Å². The number of rotatable bonds is 0. The van der Waals surface area contributed by atoms with Crippen LogP contribution in [0, 0.1) is 6.92 Å². The maximum absolute atomic E-state index is 5.26. The third-order valence-corrected chi connectivity index (χ3v) is 0.706. The molecule has 0 amide bonds. The Morgan fingerprint density at radius 3 is 2.00 bits per heavy atom. The molecule has 42 valence electrons. The van der Waals surface area contributed by atoms with Gasteiger partial charge in [-0.3, -0.25) is 0 Å². The van der Waals surface area contributed by atoms with E-state index in [2.05, 4.69) is 20.4 Å². The van der Waals surface area contributed by atoms with Gasteiger partial charge in [-0.25, -0.2) is 0 Å². The molecule has 0 atom stereocenters. The van der Waals surface area contributed by atoms with Crippen LogP contribution >= 0.6 is 11.6 Å². The van der Waals surface area contributed by atoms with Gasteiger partial charge in [0.1, 0.15) is 0 Å². The molecule has 0 saturated carbocycles. The first-order valence-electron chi connectivity index (χ1n) is 1.98. The first kappa shape index (κ1) is 5.37. The fourth-order valence-corrected chi connectivity index (χ4v) is 0.343. The Hall–Kier alpha value is -0.770. The van der Waals surface area contributed by atoms with Crippen LogP contribution in [0.25, 0.3) is 0 Å². The molecule has 4 nitrogen and oxygen atoms in total. The van der Waals surface area contributed by atoms with Crippen LogP contribution < -0.4 is 0 Å². The molecule has 0 aliphatic rings. The lowest BCUT2D eigenvalue weighted by atomic mass is 10.8. The summed E-state index contributed by atoms with van der Waals surface area (Å²) in [5.41, 5.74) is 0. The van der Waals surface area contributed by atoms with Gasteiger partial charge >= 0.3 is 0 Å². The van der Waals surface area contributed by atoms with E-state index in [1.54, 1.807) is 6.92 Å². The zero-order chi connectivity index (χ0) is 5.98. The molecule has 5 heteroatoms. The molecule has 0 saturated heterocycles. The Labute approximate surface area is 50.9 Å². The van der Waals surface area contributed by atoms with Crippen molar-refractivity contribution < 1.29 is 0 Å². The van der Waals surface area contributed by atoms with Crippen LogP contribution in [0.2, 0.25) is 5.28 Å². The van der Waals surface area contributed by atoms with Crippen LogP contribution in [0.5, 0.6) is 0 Å². The minimum atomic E-state index is 0.0793. The Bertz CT molecular complexity index is 150. The highest BCUT2D eigenvalue weighted by molar-refractivity contribution is 6.28. The van der Waals surface area contributed by atoms with Crippen molar-refractivity contribution in [2.24, 2.45) is 0 Å². The van der Waals surface area contributed by atoms with Crippen molar-refractivity contribution in [2.45, 2.75) is 6.92 Å². The maximum atomic E-state index is 5.26. The van der Waals surface area contributed by atoms with Gasteiger partial charge in [-0.05, 0) is 18.5 Å². The maximum Gasteiger partial charge on any atom is 0.262 e. The molecule has 0 fully saturated rings. The number of aromatic nitrogens is 4. The SMILES string of the molecule is Cc1nnc(Cl)nn1. The molecule has 0 radical (unpaired) electrons. The number of hydrogen-bond donors (Lipinski definition) is 0. The molecular weight excluding hydrogens is 128 g/mol. The fourth-order valence-electron chi connectivity index (χ4n) is 0.267. The van der Waals surface area contributed by atoms with E-state index in [4.69, 9.17) is 11.6 Å². The third kappa shape index (κ3) is 1.10. The van der Waals surface area contributed by atoms with Gasteiger partial charge in [-0.2, -0.15) is 0 Å². The molecule has 0 aliphatic carbocycles. The molecule has 1 aromatic rings. The molecule has 0 bridgehead atoms. The molecule has 0 aliphatic heterocycles. The van der Waals surface area contributed by atoms with Gasteiger partial charge in [-0.1, -0.05) is 0 Å². The Kier molecular flexibility index (Phi) is 1.34. The van der Waals surface area contributed by atoms with Crippen molar-refractivity contribution in [2.75, 3.05) is 0 Å². The van der Waals surface area contributed by atoms with E-state index in [1.165, 1.54) is 0 Å². The molecule has 0 aromatic carbocycles. The lowest BCUT2D eigenvalue weighted by molar-refractivity contribution is 0.807. The highest BCUT2D eigenvalue weighted by Crippen LogP contribution is 1.90. The van der Waals surface area contributed by atoms with Crippen molar-refractivity contribution in [1.82, 2.24) is 20.4 Å². The zero-order valence-corrected chi connectivity index (χ0v) is 4.92. The summed E-state index contributed by atoms with van der Waals surface area (Å²) in [4.78, 5) is 0. The smallest absolute Gasteiger partial charge is 0.131 e. The molecule has 1 rings (SSSR count). The third-order valence-electron chi connectivity index (χ3n) is 0.554. The van der Waals surface area contributed by atoms with E-state index >= 15 is 0 Å². The van der Waals surface area contributed by atoms with Crippen LogP contribution in [0.1, 0.15) is 5.82 Å².